The van der Waals surface area contributed by atoms with E-state index >= 15 is 0 Å². The summed E-state index contributed by atoms with van der Waals surface area (Å²) in [6.07, 6.45) is 7.71. The molecular formula is C21H35N3O3S. The highest BCUT2D eigenvalue weighted by molar-refractivity contribution is 8.00. The number of hydrogen-bond donors (Lipinski definition) is 4. The zero-order valence-electron chi connectivity index (χ0n) is 16.9. The second-order valence-electron chi connectivity index (χ2n) is 7.22. The molecule has 1 fully saturated rings. The van der Waals surface area contributed by atoms with Gasteiger partial charge in [0.05, 0.1) is 18.0 Å². The molecular weight excluding hydrogens is 374 g/mol. The first-order valence-corrected chi connectivity index (χ1v) is 11.4. The number of nitrogens with one attached hydrogen (secondary N) is 3. The number of thioether (sulfide) groups is 1. The second-order valence-corrected chi connectivity index (χ2v) is 8.50. The van der Waals surface area contributed by atoms with Crippen LogP contribution in [0.2, 0.25) is 0 Å². The third-order valence-corrected chi connectivity index (χ3v) is 6.17. The molecule has 0 radical (unpaired) electrons. The highest BCUT2D eigenvalue weighted by Gasteiger charge is 2.19. The topological polar surface area (TPSA) is 82.6 Å². The van der Waals surface area contributed by atoms with Gasteiger partial charge in [-0.15, -0.1) is 11.8 Å². The van der Waals surface area contributed by atoms with Crippen molar-refractivity contribution in [3.63, 3.8) is 0 Å². The van der Waals surface area contributed by atoms with E-state index in [0.29, 0.717) is 6.10 Å². The zero-order valence-corrected chi connectivity index (χ0v) is 17.7. The van der Waals surface area contributed by atoms with E-state index < -0.39 is 0 Å². The van der Waals surface area contributed by atoms with Crippen LogP contribution in [0.1, 0.15) is 51.9 Å². The fourth-order valence-electron chi connectivity index (χ4n) is 3.26. The van der Waals surface area contributed by atoms with Crippen molar-refractivity contribution in [1.82, 2.24) is 10.8 Å². The standard InChI is InChI=1S/C21H35N3O3S/c1-2-3-4-5-8-20(21(25)24-26)28-19-11-9-17(10-12-19)23-13-6-7-18-16-22-14-15-27-18/h9-12,18,20,22-23,26H,2-8,13-16H2,1H3,(H,24,25). The van der Waals surface area contributed by atoms with Gasteiger partial charge in [0.2, 0.25) is 0 Å². The lowest BCUT2D eigenvalue weighted by molar-refractivity contribution is -0.128. The summed E-state index contributed by atoms with van der Waals surface area (Å²) in [5, 5.41) is 15.5. The molecule has 2 rings (SSSR count). The number of morpholine rings is 1. The Morgan fingerprint density at radius 2 is 2.11 bits per heavy atom. The average Bonchev–Trinajstić information content (AvgIpc) is 2.74. The summed E-state index contributed by atoms with van der Waals surface area (Å²) in [6.45, 7) is 5.80. The van der Waals surface area contributed by atoms with Crippen molar-refractivity contribution in [2.24, 2.45) is 0 Å². The number of rotatable bonds is 13. The van der Waals surface area contributed by atoms with Gasteiger partial charge >= 0.3 is 0 Å². The smallest absolute Gasteiger partial charge is 0.256 e. The predicted molar refractivity (Wildman–Crippen MR) is 115 cm³/mol. The summed E-state index contributed by atoms with van der Waals surface area (Å²) in [6, 6.07) is 8.16. The molecule has 2 unspecified atom stereocenters. The molecule has 28 heavy (non-hydrogen) atoms. The highest BCUT2D eigenvalue weighted by Crippen LogP contribution is 2.28. The van der Waals surface area contributed by atoms with Gasteiger partial charge in [0.25, 0.3) is 5.91 Å². The van der Waals surface area contributed by atoms with Gasteiger partial charge < -0.3 is 15.4 Å². The number of unbranched alkanes of at least 4 members (excludes halogenated alkanes) is 3. The van der Waals surface area contributed by atoms with Crippen LogP contribution in [0.15, 0.2) is 29.2 Å². The van der Waals surface area contributed by atoms with Crippen molar-refractivity contribution >= 4 is 23.4 Å². The molecule has 0 aliphatic carbocycles. The quantitative estimate of drug-likeness (QED) is 0.172. The minimum Gasteiger partial charge on any atom is -0.385 e. The Morgan fingerprint density at radius 3 is 2.79 bits per heavy atom. The molecule has 1 aliphatic heterocycles. The zero-order chi connectivity index (χ0) is 20.0. The maximum atomic E-state index is 11.9. The number of amides is 1. The van der Waals surface area contributed by atoms with Crippen molar-refractivity contribution in [2.75, 3.05) is 31.6 Å². The molecule has 1 aliphatic rings. The van der Waals surface area contributed by atoms with Crippen LogP contribution >= 0.6 is 11.8 Å². The Bertz CT molecular complexity index is 550. The van der Waals surface area contributed by atoms with E-state index in [0.717, 1.165) is 68.9 Å². The molecule has 7 heteroatoms. The molecule has 1 aromatic carbocycles. The minimum atomic E-state index is -0.317. The Labute approximate surface area is 173 Å². The summed E-state index contributed by atoms with van der Waals surface area (Å²) in [7, 11) is 0. The summed E-state index contributed by atoms with van der Waals surface area (Å²) in [4.78, 5) is 13.0. The van der Waals surface area contributed by atoms with Crippen molar-refractivity contribution in [3.05, 3.63) is 24.3 Å². The second kappa shape index (κ2) is 13.8. The number of anilines is 1. The van der Waals surface area contributed by atoms with Crippen LogP contribution in [-0.2, 0) is 9.53 Å². The lowest BCUT2D eigenvalue weighted by Crippen LogP contribution is -2.38. The van der Waals surface area contributed by atoms with E-state index in [9.17, 15) is 4.79 Å². The molecule has 0 aromatic heterocycles. The van der Waals surface area contributed by atoms with Gasteiger partial charge in [-0.3, -0.25) is 10.0 Å². The molecule has 1 heterocycles. The Morgan fingerprint density at radius 1 is 1.29 bits per heavy atom. The Hall–Kier alpha value is -1.28. The van der Waals surface area contributed by atoms with E-state index in [-0.39, 0.29) is 11.2 Å². The Balaban J connectivity index is 1.72. The van der Waals surface area contributed by atoms with E-state index in [4.69, 9.17) is 9.94 Å². The van der Waals surface area contributed by atoms with Crippen LogP contribution in [0.25, 0.3) is 0 Å². The van der Waals surface area contributed by atoms with Crippen LogP contribution in [0.4, 0.5) is 5.69 Å². The van der Waals surface area contributed by atoms with Crippen molar-refractivity contribution in [1.29, 1.82) is 0 Å². The van der Waals surface area contributed by atoms with Gasteiger partial charge in [0.1, 0.15) is 0 Å². The fourth-order valence-corrected chi connectivity index (χ4v) is 4.32. The van der Waals surface area contributed by atoms with Gasteiger partial charge in [-0.2, -0.15) is 0 Å². The largest absolute Gasteiger partial charge is 0.385 e. The van der Waals surface area contributed by atoms with Crippen molar-refractivity contribution in [2.45, 2.75) is 68.1 Å². The number of hydroxylamine groups is 1. The number of carbonyl (C=O) groups excluding carboxylic acids is 1. The summed E-state index contributed by atoms with van der Waals surface area (Å²) < 4.78 is 5.71. The number of benzene rings is 1. The maximum Gasteiger partial charge on any atom is 0.256 e. The summed E-state index contributed by atoms with van der Waals surface area (Å²) in [5.74, 6) is -0.317. The third-order valence-electron chi connectivity index (χ3n) is 4.89. The molecule has 2 atom stereocenters. The third kappa shape index (κ3) is 8.82. The van der Waals surface area contributed by atoms with Gasteiger partial charge in [0.15, 0.2) is 0 Å². The lowest BCUT2D eigenvalue weighted by Gasteiger charge is -2.23. The van der Waals surface area contributed by atoms with Crippen LogP contribution in [-0.4, -0.2) is 48.7 Å². The van der Waals surface area contributed by atoms with Gasteiger partial charge in [-0.05, 0) is 43.5 Å². The summed E-state index contributed by atoms with van der Waals surface area (Å²) >= 11 is 1.51. The van der Waals surface area contributed by atoms with Crippen LogP contribution in [0, 0.1) is 0 Å². The van der Waals surface area contributed by atoms with E-state index in [1.807, 2.05) is 29.7 Å². The molecule has 158 valence electrons. The molecule has 4 N–H and O–H groups in total. The molecule has 0 saturated carbocycles. The highest BCUT2D eigenvalue weighted by atomic mass is 32.2. The maximum absolute atomic E-state index is 11.9. The first-order valence-electron chi connectivity index (χ1n) is 10.5. The van der Waals surface area contributed by atoms with Crippen LogP contribution in [0.5, 0.6) is 0 Å². The minimum absolute atomic E-state index is 0.259. The first-order chi connectivity index (χ1) is 13.7. The molecule has 6 nitrogen and oxygen atoms in total. The Kier molecular flexibility index (Phi) is 11.4. The summed E-state index contributed by atoms with van der Waals surface area (Å²) in [5.41, 5.74) is 2.89. The monoisotopic (exact) mass is 409 g/mol. The molecule has 1 aromatic rings. The molecule has 0 bridgehead atoms. The SMILES string of the molecule is CCCCCCC(Sc1ccc(NCCCC2CNCCO2)cc1)C(=O)NO. The van der Waals surface area contributed by atoms with Crippen LogP contribution < -0.4 is 16.1 Å². The van der Waals surface area contributed by atoms with Gasteiger partial charge in [-0.1, -0.05) is 32.6 Å². The molecule has 1 amide bonds. The van der Waals surface area contributed by atoms with E-state index in [1.165, 1.54) is 24.6 Å². The van der Waals surface area contributed by atoms with Gasteiger partial charge in [-0.25, -0.2) is 5.48 Å². The normalized spacial score (nSPS) is 17.9. The van der Waals surface area contributed by atoms with E-state index in [2.05, 4.69) is 17.6 Å². The van der Waals surface area contributed by atoms with Crippen molar-refractivity contribution in [3.8, 4) is 0 Å². The molecule has 1 saturated heterocycles. The number of carbonyl (C=O) groups is 1. The van der Waals surface area contributed by atoms with Crippen molar-refractivity contribution < 1.29 is 14.7 Å². The lowest BCUT2D eigenvalue weighted by atomic mass is 10.1. The van der Waals surface area contributed by atoms with Crippen LogP contribution in [0.3, 0.4) is 0 Å². The number of ether oxygens (including phenoxy) is 1. The van der Waals surface area contributed by atoms with Gasteiger partial charge in [0, 0.05) is 30.2 Å². The molecule has 0 spiro atoms. The predicted octanol–water partition coefficient (Wildman–Crippen LogP) is 3.80. The fraction of sp³-hybridized carbons (Fsp3) is 0.667. The number of hydrogen-bond acceptors (Lipinski definition) is 6. The average molecular weight is 410 g/mol. The first kappa shape index (κ1) is 23.0. The van der Waals surface area contributed by atoms with E-state index in [1.54, 1.807) is 0 Å².